The molecule has 0 saturated heterocycles. The predicted octanol–water partition coefficient (Wildman–Crippen LogP) is 4.95. The van der Waals surface area contributed by atoms with Gasteiger partial charge in [0.25, 0.3) is 5.91 Å². The van der Waals surface area contributed by atoms with Gasteiger partial charge < -0.3 is 5.32 Å². The number of hydrogen-bond acceptors (Lipinski definition) is 4. The van der Waals surface area contributed by atoms with Crippen LogP contribution in [0.5, 0.6) is 0 Å². The van der Waals surface area contributed by atoms with Crippen LogP contribution < -0.4 is 5.32 Å². The normalized spacial score (nSPS) is 12.0. The van der Waals surface area contributed by atoms with Gasteiger partial charge in [0.15, 0.2) is 0 Å². The van der Waals surface area contributed by atoms with Crippen molar-refractivity contribution in [1.29, 1.82) is 0 Å². The first-order valence-corrected chi connectivity index (χ1v) is 11.9. The number of para-hydroxylation sites is 1. The number of benzene rings is 2. The molecule has 0 aliphatic heterocycles. The number of amides is 1. The van der Waals surface area contributed by atoms with E-state index in [9.17, 15) is 13.2 Å². The van der Waals surface area contributed by atoms with Crippen LogP contribution >= 0.6 is 0 Å². The average molecular weight is 440 g/mol. The molecule has 0 atom stereocenters. The van der Waals surface area contributed by atoms with E-state index in [0.717, 1.165) is 16.6 Å². The molecule has 0 fully saturated rings. The summed E-state index contributed by atoms with van der Waals surface area (Å²) in [4.78, 5) is 18.1. The molecule has 0 bridgehead atoms. The summed E-state index contributed by atoms with van der Waals surface area (Å²) in [5, 5.41) is 3.64. The Balaban J connectivity index is 2.02. The largest absolute Gasteiger partial charge is 0.322 e. The van der Waals surface area contributed by atoms with E-state index in [4.69, 9.17) is 0 Å². The average Bonchev–Trinajstić information content (AvgIpc) is 2.74. The van der Waals surface area contributed by atoms with Gasteiger partial charge in [-0.2, -0.15) is 4.31 Å². The molecule has 7 heteroatoms. The Bertz CT molecular complexity index is 1220. The minimum Gasteiger partial charge on any atom is -0.322 e. The summed E-state index contributed by atoms with van der Waals surface area (Å²) in [5.74, 6) is -0.128. The summed E-state index contributed by atoms with van der Waals surface area (Å²) in [6.45, 7) is 10.2. The number of nitrogens with zero attached hydrogens (tertiary/aromatic N) is 2. The molecular weight excluding hydrogens is 410 g/mol. The minimum atomic E-state index is -3.64. The molecule has 1 heterocycles. The highest BCUT2D eigenvalue weighted by atomic mass is 32.2. The van der Waals surface area contributed by atoms with E-state index in [1.54, 1.807) is 19.1 Å². The van der Waals surface area contributed by atoms with Gasteiger partial charge in [-0.05, 0) is 42.7 Å². The smallest absolute Gasteiger partial charge is 0.256 e. The minimum absolute atomic E-state index is 0.168. The lowest BCUT2D eigenvalue weighted by Gasteiger charge is -2.20. The lowest BCUT2D eigenvalue weighted by atomic mass is 10.0. The zero-order valence-corrected chi connectivity index (χ0v) is 19.5. The molecule has 164 valence electrons. The standard InChI is InChI=1S/C24H29N3O3S/c1-6-27(7-2)31(29,30)23-14-18(13-12-17(23)5)25-24(28)20-15-22(16(3)4)26-21-11-9-8-10-19(20)21/h8-16H,6-7H2,1-5H3,(H,25,28). The van der Waals surface area contributed by atoms with Crippen LogP contribution in [0.25, 0.3) is 10.9 Å². The van der Waals surface area contributed by atoms with Crippen molar-refractivity contribution in [2.24, 2.45) is 0 Å². The fourth-order valence-corrected chi connectivity index (χ4v) is 5.25. The highest BCUT2D eigenvalue weighted by molar-refractivity contribution is 7.89. The summed E-state index contributed by atoms with van der Waals surface area (Å²) >= 11 is 0. The highest BCUT2D eigenvalue weighted by Crippen LogP contribution is 2.26. The number of sulfonamides is 1. The van der Waals surface area contributed by atoms with Gasteiger partial charge in [0.1, 0.15) is 0 Å². The Kier molecular flexibility index (Phi) is 6.77. The Morgan fingerprint density at radius 3 is 2.39 bits per heavy atom. The zero-order chi connectivity index (χ0) is 22.8. The van der Waals surface area contributed by atoms with Gasteiger partial charge in [0, 0.05) is 29.9 Å². The highest BCUT2D eigenvalue weighted by Gasteiger charge is 2.24. The first kappa shape index (κ1) is 22.9. The van der Waals surface area contributed by atoms with Crippen molar-refractivity contribution in [1.82, 2.24) is 9.29 Å². The van der Waals surface area contributed by atoms with Crippen molar-refractivity contribution in [3.05, 3.63) is 65.4 Å². The maximum atomic E-state index is 13.2. The van der Waals surface area contributed by atoms with Crippen LogP contribution in [-0.4, -0.2) is 36.7 Å². The summed E-state index contributed by atoms with van der Waals surface area (Å²) in [7, 11) is -3.64. The second-order valence-corrected chi connectivity index (χ2v) is 9.70. The first-order chi connectivity index (χ1) is 14.7. The Morgan fingerprint density at radius 1 is 1.06 bits per heavy atom. The van der Waals surface area contributed by atoms with Crippen LogP contribution in [0.2, 0.25) is 0 Å². The molecule has 2 aromatic carbocycles. The van der Waals surface area contributed by atoms with Crippen LogP contribution in [0, 0.1) is 6.92 Å². The topological polar surface area (TPSA) is 79.4 Å². The molecule has 0 saturated carbocycles. The van der Waals surface area contributed by atoms with Gasteiger partial charge in [-0.3, -0.25) is 9.78 Å². The summed E-state index contributed by atoms with van der Waals surface area (Å²) < 4.78 is 27.5. The maximum absolute atomic E-state index is 13.2. The molecule has 0 unspecified atom stereocenters. The molecule has 1 N–H and O–H groups in total. The molecular formula is C24H29N3O3S. The number of pyridine rings is 1. The molecule has 3 rings (SSSR count). The van der Waals surface area contributed by atoms with E-state index < -0.39 is 10.0 Å². The summed E-state index contributed by atoms with van der Waals surface area (Å²) in [6, 6.07) is 14.3. The van der Waals surface area contributed by atoms with E-state index in [1.165, 1.54) is 10.4 Å². The number of rotatable bonds is 7. The molecule has 0 aliphatic rings. The molecule has 0 radical (unpaired) electrons. The van der Waals surface area contributed by atoms with Gasteiger partial charge in [-0.15, -0.1) is 0 Å². The third-order valence-corrected chi connectivity index (χ3v) is 7.53. The van der Waals surface area contributed by atoms with E-state index in [0.29, 0.717) is 29.9 Å². The number of hydrogen-bond donors (Lipinski definition) is 1. The number of aryl methyl sites for hydroxylation is 1. The van der Waals surface area contributed by atoms with Crippen LogP contribution in [0.4, 0.5) is 5.69 Å². The Morgan fingerprint density at radius 2 is 1.74 bits per heavy atom. The lowest BCUT2D eigenvalue weighted by Crippen LogP contribution is -2.31. The van der Waals surface area contributed by atoms with Gasteiger partial charge in [-0.1, -0.05) is 52.0 Å². The molecule has 1 amide bonds. The summed E-state index contributed by atoms with van der Waals surface area (Å²) in [6.07, 6.45) is 0. The molecule has 6 nitrogen and oxygen atoms in total. The van der Waals surface area contributed by atoms with E-state index in [1.807, 2.05) is 58.0 Å². The van der Waals surface area contributed by atoms with E-state index in [2.05, 4.69) is 10.3 Å². The number of carbonyl (C=O) groups is 1. The molecule has 0 spiro atoms. The van der Waals surface area contributed by atoms with Crippen molar-refractivity contribution >= 4 is 32.5 Å². The monoisotopic (exact) mass is 439 g/mol. The van der Waals surface area contributed by atoms with Crippen molar-refractivity contribution in [3.8, 4) is 0 Å². The number of carbonyl (C=O) groups excluding carboxylic acids is 1. The summed E-state index contributed by atoms with van der Waals surface area (Å²) in [5.41, 5.74) is 3.18. The van der Waals surface area contributed by atoms with Crippen molar-refractivity contribution in [2.75, 3.05) is 18.4 Å². The number of anilines is 1. The van der Waals surface area contributed by atoms with Crippen LogP contribution in [0.15, 0.2) is 53.4 Å². The second kappa shape index (κ2) is 9.16. The molecule has 3 aromatic rings. The Labute approximate surface area is 184 Å². The fourth-order valence-electron chi connectivity index (χ4n) is 3.54. The third kappa shape index (κ3) is 4.62. The van der Waals surface area contributed by atoms with E-state index in [-0.39, 0.29) is 16.7 Å². The van der Waals surface area contributed by atoms with Crippen molar-refractivity contribution in [3.63, 3.8) is 0 Å². The van der Waals surface area contributed by atoms with Crippen molar-refractivity contribution < 1.29 is 13.2 Å². The van der Waals surface area contributed by atoms with Crippen LogP contribution in [0.3, 0.4) is 0 Å². The number of fused-ring (bicyclic) bond motifs is 1. The predicted molar refractivity (Wildman–Crippen MR) is 125 cm³/mol. The molecule has 31 heavy (non-hydrogen) atoms. The van der Waals surface area contributed by atoms with E-state index >= 15 is 0 Å². The van der Waals surface area contributed by atoms with Crippen molar-refractivity contribution in [2.45, 2.75) is 45.4 Å². The van der Waals surface area contributed by atoms with Gasteiger partial charge in [-0.25, -0.2) is 8.42 Å². The first-order valence-electron chi connectivity index (χ1n) is 10.5. The van der Waals surface area contributed by atoms with Crippen LogP contribution in [0.1, 0.15) is 55.2 Å². The number of aromatic nitrogens is 1. The van der Waals surface area contributed by atoms with Gasteiger partial charge in [0.05, 0.1) is 16.0 Å². The lowest BCUT2D eigenvalue weighted by molar-refractivity contribution is 0.102. The fraction of sp³-hybridized carbons (Fsp3) is 0.333. The Hall–Kier alpha value is -2.77. The molecule has 1 aromatic heterocycles. The van der Waals surface area contributed by atoms with Gasteiger partial charge in [0.2, 0.25) is 10.0 Å². The number of nitrogens with one attached hydrogen (secondary N) is 1. The molecule has 0 aliphatic carbocycles. The third-order valence-electron chi connectivity index (χ3n) is 5.34. The quantitative estimate of drug-likeness (QED) is 0.565. The SMILES string of the molecule is CCN(CC)S(=O)(=O)c1cc(NC(=O)c2cc(C(C)C)nc3ccccc23)ccc1C. The zero-order valence-electron chi connectivity index (χ0n) is 18.6. The maximum Gasteiger partial charge on any atom is 0.256 e. The second-order valence-electron chi connectivity index (χ2n) is 7.79. The van der Waals surface area contributed by atoms with Gasteiger partial charge >= 0.3 is 0 Å². The van der Waals surface area contributed by atoms with Crippen LogP contribution in [-0.2, 0) is 10.0 Å².